The number of aryl methyl sites for hydroxylation is 1. The molecule has 1 aromatic heterocycles. The van der Waals surface area contributed by atoms with E-state index in [9.17, 15) is 4.79 Å². The van der Waals surface area contributed by atoms with Crippen LogP contribution in [0.25, 0.3) is 0 Å². The van der Waals surface area contributed by atoms with E-state index in [-0.39, 0.29) is 5.91 Å². The molecule has 1 rings (SSSR count). The molecule has 96 valence electrons. The van der Waals surface area contributed by atoms with Crippen LogP contribution in [0.3, 0.4) is 0 Å². The molecule has 0 saturated heterocycles. The monoisotopic (exact) mass is 258 g/mol. The zero-order chi connectivity index (χ0) is 12.7. The Hall–Kier alpha value is -1.05. The predicted molar refractivity (Wildman–Crippen MR) is 67.6 cm³/mol. The summed E-state index contributed by atoms with van der Waals surface area (Å²) in [5, 5.41) is 2.73. The molecule has 0 aliphatic carbocycles. The Morgan fingerprint density at radius 2 is 2.53 bits per heavy atom. The number of nitrogens with two attached hydrogens (primary N) is 1. The molecule has 0 aromatic carbocycles. The van der Waals surface area contributed by atoms with Crippen molar-refractivity contribution in [2.24, 2.45) is 12.8 Å². The van der Waals surface area contributed by atoms with E-state index in [1.165, 1.54) is 0 Å². The topological polar surface area (TPSA) is 93.2 Å². The first-order valence-corrected chi connectivity index (χ1v) is 6.34. The summed E-state index contributed by atoms with van der Waals surface area (Å²) in [4.78, 5) is 15.6. The predicted octanol–water partition coefficient (Wildman–Crippen LogP) is 0.00240. The highest BCUT2D eigenvalue weighted by Crippen LogP contribution is 2.00. The van der Waals surface area contributed by atoms with Gasteiger partial charge in [0.1, 0.15) is 0 Å². The summed E-state index contributed by atoms with van der Waals surface area (Å²) in [6.45, 7) is 0.533. The first-order valence-electron chi connectivity index (χ1n) is 5.40. The Kier molecular flexibility index (Phi) is 6.03. The van der Waals surface area contributed by atoms with Crippen LogP contribution < -0.4 is 11.1 Å². The largest absolute Gasteiger partial charge is 0.355 e. The maximum atomic E-state index is 11.6. The smallest absolute Gasteiger partial charge is 0.237 e. The second-order valence-electron chi connectivity index (χ2n) is 3.78. The molecule has 1 heterocycles. The normalized spacial score (nSPS) is 12.4. The van der Waals surface area contributed by atoms with Crippen LogP contribution in [0.2, 0.25) is 0 Å². The van der Waals surface area contributed by atoms with Crippen molar-refractivity contribution < 1.29 is 9.35 Å². The number of hydrogen-bond donors (Lipinski definition) is 3. The number of aromatic nitrogens is 2. The minimum atomic E-state index is -0.563. The van der Waals surface area contributed by atoms with Gasteiger partial charge in [0.2, 0.25) is 5.91 Å². The molecule has 0 bridgehead atoms. The number of nitrogens with zero attached hydrogens (tertiary/aromatic N) is 2. The molecule has 4 N–H and O–H groups in total. The van der Waals surface area contributed by atoms with E-state index in [1.54, 1.807) is 12.5 Å². The van der Waals surface area contributed by atoms with Gasteiger partial charge in [-0.2, -0.15) is 0 Å². The third kappa shape index (κ3) is 4.76. The van der Waals surface area contributed by atoms with Crippen LogP contribution >= 0.6 is 12.0 Å². The number of nitrogens with one attached hydrogen (secondary N) is 1. The Labute approximate surface area is 105 Å². The average molecular weight is 258 g/mol. The lowest BCUT2D eigenvalue weighted by molar-refractivity contribution is -0.122. The van der Waals surface area contributed by atoms with E-state index in [0.29, 0.717) is 18.7 Å². The zero-order valence-corrected chi connectivity index (χ0v) is 10.6. The van der Waals surface area contributed by atoms with E-state index in [0.717, 1.165) is 24.2 Å². The minimum Gasteiger partial charge on any atom is -0.355 e. The van der Waals surface area contributed by atoms with Gasteiger partial charge in [-0.1, -0.05) is 0 Å². The molecule has 0 fully saturated rings. The van der Waals surface area contributed by atoms with E-state index < -0.39 is 6.04 Å². The second kappa shape index (κ2) is 7.31. The number of imidazole rings is 1. The highest BCUT2D eigenvalue weighted by Gasteiger charge is 2.14. The maximum Gasteiger partial charge on any atom is 0.237 e. The van der Waals surface area contributed by atoms with Gasteiger partial charge in [-0.15, -0.1) is 0 Å². The third-order valence-corrected chi connectivity index (χ3v) is 2.87. The summed E-state index contributed by atoms with van der Waals surface area (Å²) in [5.74, 6) is 0.436. The molecule has 17 heavy (non-hydrogen) atoms. The van der Waals surface area contributed by atoms with Gasteiger partial charge in [0, 0.05) is 37.7 Å². The lowest BCUT2D eigenvalue weighted by Gasteiger charge is -2.12. The van der Waals surface area contributed by atoms with Crippen LogP contribution in [0.5, 0.6) is 0 Å². The molecule has 1 aromatic rings. The van der Waals surface area contributed by atoms with Crippen molar-refractivity contribution in [1.82, 2.24) is 14.9 Å². The van der Waals surface area contributed by atoms with Crippen LogP contribution in [-0.2, 0) is 18.3 Å². The highest BCUT2D eigenvalue weighted by atomic mass is 32.2. The number of carbonyl (C=O) groups is 1. The molecule has 0 radical (unpaired) electrons. The van der Waals surface area contributed by atoms with Gasteiger partial charge in [0.15, 0.2) is 0 Å². The van der Waals surface area contributed by atoms with Gasteiger partial charge in [0.05, 0.1) is 12.4 Å². The van der Waals surface area contributed by atoms with Gasteiger partial charge in [-0.25, -0.2) is 4.98 Å². The van der Waals surface area contributed by atoms with Crippen LogP contribution in [0.4, 0.5) is 0 Å². The number of rotatable bonds is 7. The second-order valence-corrected chi connectivity index (χ2v) is 4.45. The van der Waals surface area contributed by atoms with Crippen molar-refractivity contribution >= 4 is 17.9 Å². The van der Waals surface area contributed by atoms with Gasteiger partial charge in [-0.3, -0.25) is 4.79 Å². The number of carbonyl (C=O) groups excluding carboxylic acids is 1. The zero-order valence-electron chi connectivity index (χ0n) is 9.80. The van der Waals surface area contributed by atoms with Crippen molar-refractivity contribution in [2.75, 3.05) is 12.3 Å². The van der Waals surface area contributed by atoms with Crippen molar-refractivity contribution in [3.05, 3.63) is 18.2 Å². The average Bonchev–Trinajstić information content (AvgIpc) is 2.70. The summed E-state index contributed by atoms with van der Waals surface area (Å²) in [6.07, 6.45) is 4.58. The molecule has 0 spiro atoms. The summed E-state index contributed by atoms with van der Waals surface area (Å²) >= 11 is 0.773. The van der Waals surface area contributed by atoms with Gasteiger partial charge in [-0.05, 0) is 18.5 Å². The first kappa shape index (κ1) is 14.0. The number of hydrogen-bond acceptors (Lipinski definition) is 5. The van der Waals surface area contributed by atoms with E-state index in [2.05, 4.69) is 10.3 Å². The maximum absolute atomic E-state index is 11.6. The highest BCUT2D eigenvalue weighted by molar-refractivity contribution is 7.93. The molecular weight excluding hydrogens is 240 g/mol. The Morgan fingerprint density at radius 3 is 3.12 bits per heavy atom. The Morgan fingerprint density at radius 1 is 1.76 bits per heavy atom. The Bertz CT molecular complexity index is 356. The van der Waals surface area contributed by atoms with E-state index >= 15 is 0 Å². The van der Waals surface area contributed by atoms with Crippen molar-refractivity contribution in [3.8, 4) is 0 Å². The molecule has 6 nitrogen and oxygen atoms in total. The Balaban J connectivity index is 2.30. The van der Waals surface area contributed by atoms with E-state index in [4.69, 9.17) is 10.3 Å². The summed E-state index contributed by atoms with van der Waals surface area (Å²) in [7, 11) is 1.87. The third-order valence-electron chi connectivity index (χ3n) is 2.39. The molecule has 0 aliphatic rings. The molecular formula is C10H18N4O2S. The van der Waals surface area contributed by atoms with Gasteiger partial charge in [0.25, 0.3) is 0 Å². The van der Waals surface area contributed by atoms with Gasteiger partial charge >= 0.3 is 0 Å². The van der Waals surface area contributed by atoms with Gasteiger partial charge < -0.3 is 20.2 Å². The minimum absolute atomic E-state index is 0.172. The SMILES string of the molecule is Cn1cncc1CC(N)C(=O)NCCCSO. The molecule has 1 unspecified atom stereocenters. The summed E-state index contributed by atoms with van der Waals surface area (Å²) in [6, 6.07) is -0.563. The molecule has 0 saturated carbocycles. The fourth-order valence-electron chi connectivity index (χ4n) is 1.38. The van der Waals surface area contributed by atoms with Crippen LogP contribution in [0.1, 0.15) is 12.1 Å². The lowest BCUT2D eigenvalue weighted by Crippen LogP contribution is -2.42. The van der Waals surface area contributed by atoms with Crippen molar-refractivity contribution in [2.45, 2.75) is 18.9 Å². The molecule has 0 aliphatic heterocycles. The van der Waals surface area contributed by atoms with Crippen LogP contribution in [0.15, 0.2) is 12.5 Å². The first-order chi connectivity index (χ1) is 8.15. The van der Waals surface area contributed by atoms with E-state index in [1.807, 2.05) is 11.6 Å². The summed E-state index contributed by atoms with van der Waals surface area (Å²) in [5.41, 5.74) is 6.71. The lowest BCUT2D eigenvalue weighted by atomic mass is 10.1. The standard InChI is InChI=1S/C10H18N4O2S/c1-14-7-12-6-8(14)5-9(11)10(15)13-3-2-4-17-16/h6-7,9,16H,2-5,11H2,1H3,(H,13,15). The number of amides is 1. The molecule has 1 amide bonds. The van der Waals surface area contributed by atoms with Crippen molar-refractivity contribution in [3.63, 3.8) is 0 Å². The summed E-state index contributed by atoms with van der Waals surface area (Å²) < 4.78 is 10.4. The van der Waals surface area contributed by atoms with Crippen molar-refractivity contribution in [1.29, 1.82) is 0 Å². The fourth-order valence-corrected chi connectivity index (χ4v) is 1.65. The quantitative estimate of drug-likeness (QED) is 0.473. The fraction of sp³-hybridized carbons (Fsp3) is 0.600. The molecule has 1 atom stereocenters. The molecule has 7 heteroatoms. The van der Waals surface area contributed by atoms with Crippen LogP contribution in [0, 0.1) is 0 Å². The van der Waals surface area contributed by atoms with Crippen LogP contribution in [-0.4, -0.2) is 38.4 Å².